The summed E-state index contributed by atoms with van der Waals surface area (Å²) in [5.74, 6) is -3.55. The molecule has 0 aliphatic carbocycles. The van der Waals surface area contributed by atoms with Crippen LogP contribution in [0.2, 0.25) is 0 Å². The highest BCUT2D eigenvalue weighted by molar-refractivity contribution is 8.13. The Labute approximate surface area is 173 Å². The number of rotatable bonds is 11. The van der Waals surface area contributed by atoms with Crippen molar-refractivity contribution in [2.45, 2.75) is 56.6 Å². The Morgan fingerprint density at radius 3 is 2.72 bits per heavy atom. The van der Waals surface area contributed by atoms with Crippen LogP contribution in [-0.2, 0) is 10.7 Å². The number of amides is 1. The predicted molar refractivity (Wildman–Crippen MR) is 109 cm³/mol. The van der Waals surface area contributed by atoms with Crippen LogP contribution < -0.4 is 0 Å². The van der Waals surface area contributed by atoms with Crippen molar-refractivity contribution in [1.29, 1.82) is 0 Å². The van der Waals surface area contributed by atoms with E-state index >= 15 is 0 Å². The van der Waals surface area contributed by atoms with Gasteiger partial charge in [-0.1, -0.05) is 54.2 Å². The molecule has 2 N–H and O–H groups in total. The average molecular weight is 428 g/mol. The summed E-state index contributed by atoms with van der Waals surface area (Å²) < 4.78 is 28.9. The number of unbranched alkanes of at least 4 members (excludes halogenated alkanes) is 1. The summed E-state index contributed by atoms with van der Waals surface area (Å²) in [6, 6.07) is 7.06. The summed E-state index contributed by atoms with van der Waals surface area (Å²) in [6.07, 6.45) is 3.94. The van der Waals surface area contributed by atoms with Gasteiger partial charge in [0.05, 0.1) is 0 Å². The summed E-state index contributed by atoms with van der Waals surface area (Å²) in [4.78, 5) is 24.4. The van der Waals surface area contributed by atoms with Gasteiger partial charge in [-0.2, -0.15) is 8.78 Å². The molecule has 0 aromatic heterocycles. The molecule has 29 heavy (non-hydrogen) atoms. The Morgan fingerprint density at radius 1 is 1.31 bits per heavy atom. The molecular weight excluding hydrogens is 400 g/mol. The normalized spacial score (nSPS) is 18.9. The van der Waals surface area contributed by atoms with Crippen LogP contribution in [0.3, 0.4) is 0 Å². The van der Waals surface area contributed by atoms with E-state index in [2.05, 4.69) is 0 Å². The van der Waals surface area contributed by atoms with E-state index in [9.17, 15) is 23.5 Å². The molecule has 1 aromatic carbocycles. The molecule has 0 spiro atoms. The van der Waals surface area contributed by atoms with Crippen LogP contribution in [0.25, 0.3) is 0 Å². The molecule has 1 fully saturated rings. The summed E-state index contributed by atoms with van der Waals surface area (Å²) in [5.41, 5.74) is -0.219. The Bertz CT molecular complexity index is 699. The van der Waals surface area contributed by atoms with Crippen LogP contribution in [-0.4, -0.2) is 50.8 Å². The number of nitrogens with zero attached hydrogens (tertiary/aromatic N) is 1. The zero-order valence-corrected chi connectivity index (χ0v) is 17.0. The number of thioether (sulfide) groups is 1. The smallest absolute Gasteiger partial charge is 0.303 e. The lowest BCUT2D eigenvalue weighted by Crippen LogP contribution is -2.43. The topological polar surface area (TPSA) is 77.8 Å². The zero-order valence-electron chi connectivity index (χ0n) is 16.2. The van der Waals surface area contributed by atoms with Crippen molar-refractivity contribution in [3.63, 3.8) is 0 Å². The monoisotopic (exact) mass is 427 g/mol. The van der Waals surface area contributed by atoms with Crippen LogP contribution in [0, 0.1) is 0 Å². The van der Waals surface area contributed by atoms with Gasteiger partial charge in [0.1, 0.15) is 6.10 Å². The largest absolute Gasteiger partial charge is 0.481 e. The first kappa shape index (κ1) is 23.3. The fraction of sp³-hybridized carbons (Fsp3) is 0.524. The molecule has 1 amide bonds. The number of aliphatic carboxylic acids is 1. The number of halogens is 2. The maximum absolute atomic E-state index is 14.5. The van der Waals surface area contributed by atoms with Crippen molar-refractivity contribution < 1.29 is 28.6 Å². The second kappa shape index (κ2) is 11.3. The number of carboxylic acids is 1. The second-order valence-corrected chi connectivity index (χ2v) is 8.09. The minimum Gasteiger partial charge on any atom is -0.481 e. The first-order valence-corrected chi connectivity index (χ1v) is 10.7. The van der Waals surface area contributed by atoms with Crippen molar-refractivity contribution in [1.82, 2.24) is 4.90 Å². The third-order valence-electron chi connectivity index (χ3n) is 4.93. The number of benzene rings is 1. The van der Waals surface area contributed by atoms with Crippen molar-refractivity contribution in [3.8, 4) is 0 Å². The molecule has 0 radical (unpaired) electrons. The number of carbonyl (C=O) groups excluding carboxylic acids is 1. The molecule has 160 valence electrons. The Balaban J connectivity index is 1.89. The molecule has 1 aliphatic rings. The van der Waals surface area contributed by atoms with Gasteiger partial charge in [-0.15, -0.1) is 0 Å². The molecule has 1 heterocycles. The van der Waals surface area contributed by atoms with Gasteiger partial charge in [0, 0.05) is 30.3 Å². The van der Waals surface area contributed by atoms with E-state index in [1.807, 2.05) is 12.2 Å². The summed E-state index contributed by atoms with van der Waals surface area (Å²) in [5, 5.41) is 18.6. The van der Waals surface area contributed by atoms with E-state index < -0.39 is 18.0 Å². The maximum atomic E-state index is 14.5. The first-order chi connectivity index (χ1) is 13.8. The Kier molecular flexibility index (Phi) is 9.10. The molecule has 1 saturated heterocycles. The standard InChI is InChI=1S/C21H27F2NO4S/c22-21(23,16-8-4-3-5-9-16)18(25)12-11-17-13-15-29-20(28)24(17)14-7-2-1-6-10-19(26)27/h2-5,7-9,17-18,25H,1,6,10-15H2,(H,26,27)/b7-2+/t17-,18+/m0/s1. The van der Waals surface area contributed by atoms with Crippen molar-refractivity contribution >= 4 is 23.0 Å². The zero-order chi connectivity index (χ0) is 21.3. The van der Waals surface area contributed by atoms with E-state index in [4.69, 9.17) is 5.11 Å². The Morgan fingerprint density at radius 2 is 2.03 bits per heavy atom. The number of aliphatic hydroxyl groups is 1. The number of hydrogen-bond donors (Lipinski definition) is 2. The highest BCUT2D eigenvalue weighted by atomic mass is 32.2. The van der Waals surface area contributed by atoms with Crippen molar-refractivity contribution in [3.05, 3.63) is 48.0 Å². The van der Waals surface area contributed by atoms with E-state index in [1.54, 1.807) is 11.0 Å². The van der Waals surface area contributed by atoms with Crippen molar-refractivity contribution in [2.75, 3.05) is 12.3 Å². The molecule has 2 rings (SSSR count). The number of carbonyl (C=O) groups is 2. The molecule has 1 aromatic rings. The predicted octanol–water partition coefficient (Wildman–Crippen LogP) is 4.66. The number of aliphatic hydroxyl groups excluding tert-OH is 1. The number of alkyl halides is 2. The van der Waals surface area contributed by atoms with E-state index in [0.29, 0.717) is 38.0 Å². The maximum Gasteiger partial charge on any atom is 0.303 e. The lowest BCUT2D eigenvalue weighted by atomic mass is 9.96. The van der Waals surface area contributed by atoms with Gasteiger partial charge in [0.15, 0.2) is 0 Å². The molecular formula is C21H27F2NO4S. The second-order valence-electron chi connectivity index (χ2n) is 7.05. The van der Waals surface area contributed by atoms with Gasteiger partial charge in [-0.25, -0.2) is 0 Å². The van der Waals surface area contributed by atoms with Gasteiger partial charge < -0.3 is 15.1 Å². The van der Waals surface area contributed by atoms with Crippen LogP contribution >= 0.6 is 11.8 Å². The van der Waals surface area contributed by atoms with Crippen molar-refractivity contribution in [2.24, 2.45) is 0 Å². The number of allylic oxidation sites excluding steroid dienone is 1. The highest BCUT2D eigenvalue weighted by Crippen LogP contribution is 2.35. The van der Waals surface area contributed by atoms with Crippen LogP contribution in [0.5, 0.6) is 0 Å². The van der Waals surface area contributed by atoms with Crippen LogP contribution in [0.1, 0.15) is 44.1 Å². The van der Waals surface area contributed by atoms with E-state index in [-0.39, 0.29) is 29.7 Å². The minimum absolute atomic E-state index is 0.0962. The quantitative estimate of drug-likeness (QED) is 0.397. The SMILES string of the molecule is O=C(O)CCC/C=C/CN1C(=O)SCC[C@@H]1CC[C@@H](O)C(F)(F)c1ccccc1. The first-order valence-electron chi connectivity index (χ1n) is 9.74. The third kappa shape index (κ3) is 7.12. The van der Waals surface area contributed by atoms with Gasteiger partial charge in [-0.3, -0.25) is 9.59 Å². The van der Waals surface area contributed by atoms with Gasteiger partial charge >= 0.3 is 5.97 Å². The fourth-order valence-corrected chi connectivity index (χ4v) is 4.21. The van der Waals surface area contributed by atoms with Gasteiger partial charge in [-0.05, 0) is 32.1 Å². The fourth-order valence-electron chi connectivity index (χ4n) is 3.26. The lowest BCUT2D eigenvalue weighted by Gasteiger charge is -2.35. The van der Waals surface area contributed by atoms with Crippen LogP contribution in [0.4, 0.5) is 13.6 Å². The highest BCUT2D eigenvalue weighted by Gasteiger charge is 2.40. The summed E-state index contributed by atoms with van der Waals surface area (Å²) >= 11 is 1.20. The van der Waals surface area contributed by atoms with Gasteiger partial charge in [0.25, 0.3) is 11.2 Å². The lowest BCUT2D eigenvalue weighted by molar-refractivity contribution is -0.137. The third-order valence-corrected chi connectivity index (χ3v) is 5.85. The van der Waals surface area contributed by atoms with Gasteiger partial charge in [0.2, 0.25) is 0 Å². The molecule has 5 nitrogen and oxygen atoms in total. The average Bonchev–Trinajstić information content (AvgIpc) is 2.70. The molecule has 0 unspecified atom stereocenters. The summed E-state index contributed by atoms with van der Waals surface area (Å²) in [7, 11) is 0. The molecule has 2 atom stereocenters. The molecule has 1 aliphatic heterocycles. The van der Waals surface area contributed by atoms with E-state index in [1.165, 1.54) is 36.0 Å². The Hall–Kier alpha value is -1.93. The molecule has 0 bridgehead atoms. The number of hydrogen-bond acceptors (Lipinski definition) is 4. The minimum atomic E-state index is -3.34. The number of carboxylic acid groups (broad SMARTS) is 1. The molecule has 0 saturated carbocycles. The summed E-state index contributed by atoms with van der Waals surface area (Å²) in [6.45, 7) is 0.356. The molecule has 8 heteroatoms. The van der Waals surface area contributed by atoms with Crippen LogP contribution in [0.15, 0.2) is 42.5 Å². The van der Waals surface area contributed by atoms with E-state index in [0.717, 1.165) is 0 Å².